The molecular weight excluding hydrogens is 455 g/mol. The third kappa shape index (κ3) is 4.49. The molecule has 0 aliphatic heterocycles. The Hall–Kier alpha value is -3.60. The van der Waals surface area contributed by atoms with Crippen molar-refractivity contribution >= 4 is 27.5 Å². The van der Waals surface area contributed by atoms with Gasteiger partial charge in [-0.15, -0.1) is 11.3 Å². The molecule has 4 aromatic rings. The van der Waals surface area contributed by atoms with Crippen molar-refractivity contribution in [2.24, 2.45) is 0 Å². The molecule has 33 heavy (non-hydrogen) atoms. The summed E-state index contributed by atoms with van der Waals surface area (Å²) < 4.78 is 43.7. The van der Waals surface area contributed by atoms with E-state index in [0.717, 1.165) is 17.8 Å². The van der Waals surface area contributed by atoms with Gasteiger partial charge in [0.2, 0.25) is 5.88 Å². The number of hydrogen-bond acceptors (Lipinski definition) is 7. The average molecular weight is 473 g/mol. The highest BCUT2D eigenvalue weighted by atomic mass is 32.1. The topological polar surface area (TPSA) is 81.1 Å². The number of aromatic nitrogens is 4. The Morgan fingerprint density at radius 3 is 2.61 bits per heavy atom. The van der Waals surface area contributed by atoms with E-state index in [1.54, 1.807) is 37.2 Å². The summed E-state index contributed by atoms with van der Waals surface area (Å²) in [4.78, 5) is 31.9. The number of methoxy groups -OCH3 is 1. The lowest BCUT2D eigenvalue weighted by atomic mass is 10.1. The molecule has 0 aromatic carbocycles. The van der Waals surface area contributed by atoms with Crippen LogP contribution < -0.4 is 4.74 Å². The van der Waals surface area contributed by atoms with Crippen LogP contribution in [0.1, 0.15) is 26.5 Å². The van der Waals surface area contributed by atoms with Crippen molar-refractivity contribution in [3.8, 4) is 17.1 Å². The highest BCUT2D eigenvalue weighted by molar-refractivity contribution is 7.20. The standard InChI is InChI=1S/C22H18F3N5O2S/c1-12-17-18(14-4-5-15(27-9-14)22(23,24)25)28-11-29-20(17)33-19(12)21(31)30(2)10-13-6-7-26-16(8-13)32-3/h4-9,11H,10H2,1-3H3. The molecular formula is C22H18F3N5O2S. The number of carbonyl (C=O) groups excluding carboxylic acids is 1. The van der Waals surface area contributed by atoms with Crippen LogP contribution in [0.4, 0.5) is 13.2 Å². The Morgan fingerprint density at radius 2 is 1.94 bits per heavy atom. The van der Waals surface area contributed by atoms with Crippen LogP contribution in [-0.2, 0) is 12.7 Å². The number of alkyl halides is 3. The summed E-state index contributed by atoms with van der Waals surface area (Å²) >= 11 is 1.22. The molecule has 0 saturated heterocycles. The van der Waals surface area contributed by atoms with Crippen LogP contribution in [0.3, 0.4) is 0 Å². The molecule has 0 fully saturated rings. The minimum atomic E-state index is -4.53. The van der Waals surface area contributed by atoms with Gasteiger partial charge in [0.1, 0.15) is 16.9 Å². The van der Waals surface area contributed by atoms with E-state index < -0.39 is 11.9 Å². The maximum absolute atomic E-state index is 13.2. The summed E-state index contributed by atoms with van der Waals surface area (Å²) in [5.41, 5.74) is 1.37. The zero-order valence-corrected chi connectivity index (χ0v) is 18.7. The number of hydrogen-bond donors (Lipinski definition) is 0. The van der Waals surface area contributed by atoms with Gasteiger partial charge in [0.25, 0.3) is 5.91 Å². The zero-order chi connectivity index (χ0) is 23.8. The summed E-state index contributed by atoms with van der Waals surface area (Å²) in [6.45, 7) is 2.12. The quantitative estimate of drug-likeness (QED) is 0.416. The molecule has 4 aromatic heterocycles. The minimum absolute atomic E-state index is 0.206. The van der Waals surface area contributed by atoms with E-state index in [1.165, 1.54) is 30.8 Å². The van der Waals surface area contributed by atoms with Gasteiger partial charge in [-0.2, -0.15) is 13.2 Å². The number of rotatable bonds is 5. The van der Waals surface area contributed by atoms with E-state index >= 15 is 0 Å². The highest BCUT2D eigenvalue weighted by Gasteiger charge is 2.32. The molecule has 0 N–H and O–H groups in total. The summed E-state index contributed by atoms with van der Waals surface area (Å²) in [5.74, 6) is 0.249. The largest absolute Gasteiger partial charge is 0.481 e. The van der Waals surface area contributed by atoms with Crippen molar-refractivity contribution in [1.29, 1.82) is 0 Å². The van der Waals surface area contributed by atoms with Crippen LogP contribution in [0.5, 0.6) is 5.88 Å². The number of aryl methyl sites for hydroxylation is 1. The van der Waals surface area contributed by atoms with Gasteiger partial charge >= 0.3 is 6.18 Å². The number of carbonyl (C=O) groups is 1. The Balaban J connectivity index is 1.67. The summed E-state index contributed by atoms with van der Waals surface area (Å²) in [6.07, 6.45) is -0.462. The number of halogens is 3. The normalized spacial score (nSPS) is 11.6. The number of pyridine rings is 2. The molecule has 0 atom stereocenters. The van der Waals surface area contributed by atoms with Gasteiger partial charge in [-0.25, -0.2) is 15.0 Å². The number of amides is 1. The fraction of sp³-hybridized carbons (Fsp3) is 0.227. The fourth-order valence-corrected chi connectivity index (χ4v) is 4.52. The lowest BCUT2D eigenvalue weighted by Gasteiger charge is -2.17. The van der Waals surface area contributed by atoms with Gasteiger partial charge in [0.15, 0.2) is 0 Å². The maximum atomic E-state index is 13.2. The first kappa shape index (κ1) is 22.6. The first-order chi connectivity index (χ1) is 15.7. The van der Waals surface area contributed by atoms with E-state index in [-0.39, 0.29) is 5.91 Å². The number of thiophene rings is 1. The first-order valence-corrected chi connectivity index (χ1v) is 10.5. The van der Waals surface area contributed by atoms with E-state index in [9.17, 15) is 18.0 Å². The van der Waals surface area contributed by atoms with Gasteiger partial charge in [-0.1, -0.05) is 0 Å². The van der Waals surface area contributed by atoms with E-state index in [4.69, 9.17) is 4.74 Å². The predicted molar refractivity (Wildman–Crippen MR) is 117 cm³/mol. The Labute approximate surface area is 190 Å². The highest BCUT2D eigenvalue weighted by Crippen LogP contribution is 2.36. The van der Waals surface area contributed by atoms with E-state index in [2.05, 4.69) is 19.9 Å². The molecule has 4 heterocycles. The van der Waals surface area contributed by atoms with E-state index in [1.807, 2.05) is 0 Å². The lowest BCUT2D eigenvalue weighted by molar-refractivity contribution is -0.141. The number of fused-ring (bicyclic) bond motifs is 1. The summed E-state index contributed by atoms with van der Waals surface area (Å²) in [6, 6.07) is 5.78. The first-order valence-electron chi connectivity index (χ1n) is 9.71. The molecule has 0 aliphatic carbocycles. The predicted octanol–water partition coefficient (Wildman–Crippen LogP) is 4.76. The van der Waals surface area contributed by atoms with Gasteiger partial charge < -0.3 is 9.64 Å². The summed E-state index contributed by atoms with van der Waals surface area (Å²) in [5, 5.41) is 0.617. The molecule has 0 saturated carbocycles. The third-order valence-electron chi connectivity index (χ3n) is 5.02. The number of nitrogens with zero attached hydrogens (tertiary/aromatic N) is 5. The molecule has 170 valence electrons. The SMILES string of the molecule is COc1cc(CN(C)C(=O)c2sc3ncnc(-c4ccc(C(F)(F)F)nc4)c3c2C)ccn1. The van der Waals surface area contributed by atoms with Crippen LogP contribution in [0.2, 0.25) is 0 Å². The Kier molecular flexibility index (Phi) is 5.98. The van der Waals surface area contributed by atoms with Crippen LogP contribution in [0.15, 0.2) is 43.0 Å². The second kappa shape index (κ2) is 8.74. The van der Waals surface area contributed by atoms with Crippen molar-refractivity contribution in [3.63, 3.8) is 0 Å². The minimum Gasteiger partial charge on any atom is -0.481 e. The molecule has 11 heteroatoms. The molecule has 7 nitrogen and oxygen atoms in total. The second-order valence-corrected chi connectivity index (χ2v) is 8.26. The molecule has 0 unspecified atom stereocenters. The van der Waals surface area contributed by atoms with Crippen molar-refractivity contribution in [1.82, 2.24) is 24.8 Å². The molecule has 4 rings (SSSR count). The monoisotopic (exact) mass is 473 g/mol. The fourth-order valence-electron chi connectivity index (χ4n) is 3.38. The molecule has 0 bridgehead atoms. The Bertz CT molecular complexity index is 1320. The maximum Gasteiger partial charge on any atom is 0.433 e. The van der Waals surface area contributed by atoms with Crippen LogP contribution in [-0.4, -0.2) is 44.9 Å². The summed E-state index contributed by atoms with van der Waals surface area (Å²) in [7, 11) is 3.21. The van der Waals surface area contributed by atoms with Gasteiger partial charge in [0, 0.05) is 43.0 Å². The smallest absolute Gasteiger partial charge is 0.433 e. The van der Waals surface area contributed by atoms with Crippen LogP contribution >= 0.6 is 11.3 Å². The van der Waals surface area contributed by atoms with Gasteiger partial charge in [-0.3, -0.25) is 9.78 Å². The second-order valence-electron chi connectivity index (χ2n) is 7.26. The van der Waals surface area contributed by atoms with E-state index in [0.29, 0.717) is 44.3 Å². The third-order valence-corrected chi connectivity index (χ3v) is 6.21. The van der Waals surface area contributed by atoms with Crippen molar-refractivity contribution in [2.75, 3.05) is 14.2 Å². The van der Waals surface area contributed by atoms with Gasteiger partial charge in [0.05, 0.1) is 17.7 Å². The lowest BCUT2D eigenvalue weighted by Crippen LogP contribution is -2.26. The molecule has 0 radical (unpaired) electrons. The zero-order valence-electron chi connectivity index (χ0n) is 17.8. The molecule has 1 amide bonds. The van der Waals surface area contributed by atoms with Gasteiger partial charge in [-0.05, 0) is 36.2 Å². The Morgan fingerprint density at radius 1 is 1.15 bits per heavy atom. The van der Waals surface area contributed by atoms with Crippen LogP contribution in [0.25, 0.3) is 21.5 Å². The molecule has 0 aliphatic rings. The van der Waals surface area contributed by atoms with Crippen molar-refractivity contribution in [2.45, 2.75) is 19.6 Å². The molecule has 0 spiro atoms. The van der Waals surface area contributed by atoms with Crippen LogP contribution in [0, 0.1) is 6.92 Å². The van der Waals surface area contributed by atoms with Crippen molar-refractivity contribution < 1.29 is 22.7 Å². The number of ether oxygens (including phenoxy) is 1. The average Bonchev–Trinajstić information content (AvgIpc) is 3.14. The van der Waals surface area contributed by atoms with Crippen molar-refractivity contribution in [3.05, 3.63) is 64.7 Å².